The van der Waals surface area contributed by atoms with Crippen molar-refractivity contribution in [1.82, 2.24) is 19.7 Å². The third kappa shape index (κ3) is 6.57. The van der Waals surface area contributed by atoms with Gasteiger partial charge in [-0.05, 0) is 43.9 Å². The molecule has 219 valence electrons. The van der Waals surface area contributed by atoms with Gasteiger partial charge >= 0.3 is 16.5 Å². The number of nitrogens with zero attached hydrogens (tertiary/aromatic N) is 3. The first-order valence-corrected chi connectivity index (χ1v) is 14.7. The summed E-state index contributed by atoms with van der Waals surface area (Å²) in [5.41, 5.74) is 0.489. The van der Waals surface area contributed by atoms with Gasteiger partial charge in [0.05, 0.1) is 28.8 Å². The summed E-state index contributed by atoms with van der Waals surface area (Å²) in [5, 5.41) is 13.4. The maximum atomic E-state index is 13.6. The minimum atomic E-state index is -4.61. The summed E-state index contributed by atoms with van der Waals surface area (Å²) >= 11 is 1.16. The molecular weight excluding hydrogens is 587 g/mol. The van der Waals surface area contributed by atoms with Crippen LogP contribution in [-0.2, 0) is 27.6 Å². The lowest BCUT2D eigenvalue weighted by molar-refractivity contribution is -0.141. The smallest absolute Gasteiger partial charge is 0.393 e. The zero-order chi connectivity index (χ0) is 29.5. The summed E-state index contributed by atoms with van der Waals surface area (Å²) in [6.45, 7) is 3.14. The molecule has 5 rings (SSSR count). The maximum absolute atomic E-state index is 13.6. The Kier molecular flexibility index (Phi) is 8.15. The van der Waals surface area contributed by atoms with Gasteiger partial charge < -0.3 is 15.2 Å². The summed E-state index contributed by atoms with van der Waals surface area (Å²) in [5.74, 6) is -0.813. The number of carbonyl (C=O) groups is 1. The van der Waals surface area contributed by atoms with Gasteiger partial charge in [-0.2, -0.15) is 26.3 Å². The standard InChI is InChI=1S/C25H25F3N5O6S2/c1-12-16(23-21-13(4-5-39-23)2-3-20(33-21)25(26,27)28)8-19(40-12)22(35)17-10-29-11-30-24(17)32-15-6-14(18(34)7-15)9-31-41(36,37)38/h2-3,8-11,14-15,18,23,31,34H,4-7H2,1H3,(H,29,30,32)(H,36,37,38)/t14-,15-,18+,23-/m1/s1. The highest BCUT2D eigenvalue weighted by Crippen LogP contribution is 2.39. The van der Waals surface area contributed by atoms with Gasteiger partial charge in [-0.1, -0.05) is 6.07 Å². The molecule has 2 aliphatic rings. The van der Waals surface area contributed by atoms with E-state index in [0.29, 0.717) is 27.3 Å². The molecule has 1 saturated carbocycles. The Balaban J connectivity index is 1.37. The number of pyridine rings is 1. The first-order valence-electron chi connectivity index (χ1n) is 12.5. The second-order valence-corrected chi connectivity index (χ2v) is 12.2. The van der Waals surface area contributed by atoms with Gasteiger partial charge in [0.2, 0.25) is 5.78 Å². The lowest BCUT2D eigenvalue weighted by Gasteiger charge is -2.26. The fourth-order valence-electron chi connectivity index (χ4n) is 5.03. The average Bonchev–Trinajstić information content (AvgIpc) is 3.47. The van der Waals surface area contributed by atoms with Crippen LogP contribution in [0, 0.1) is 19.4 Å². The topological polar surface area (TPSA) is 164 Å². The van der Waals surface area contributed by atoms with Crippen LogP contribution in [-0.4, -0.2) is 57.6 Å². The number of fused-ring (bicyclic) bond motifs is 1. The number of ether oxygens (including phenoxy) is 1. The highest BCUT2D eigenvalue weighted by Gasteiger charge is 2.37. The van der Waals surface area contributed by atoms with Crippen LogP contribution in [0.1, 0.15) is 61.6 Å². The number of halogens is 3. The second-order valence-electron chi connectivity index (χ2n) is 9.78. The quantitative estimate of drug-likeness (QED) is 0.219. The molecule has 1 aliphatic heterocycles. The number of aliphatic hydroxyl groups is 1. The van der Waals surface area contributed by atoms with Crippen LogP contribution < -0.4 is 10.0 Å². The van der Waals surface area contributed by atoms with Crippen LogP contribution in [0.25, 0.3) is 0 Å². The van der Waals surface area contributed by atoms with Crippen molar-refractivity contribution >= 4 is 33.2 Å². The molecule has 4 N–H and O–H groups in total. The van der Waals surface area contributed by atoms with Crippen LogP contribution in [0.3, 0.4) is 0 Å². The predicted molar refractivity (Wildman–Crippen MR) is 140 cm³/mol. The molecule has 0 saturated heterocycles. The molecule has 41 heavy (non-hydrogen) atoms. The molecule has 16 heteroatoms. The van der Waals surface area contributed by atoms with E-state index in [1.165, 1.54) is 18.6 Å². The SMILES string of the molecule is Cc1sc(C(=O)c2cncnc2N[C@H]2C[C@H](O)[C@@H]([CH]NS(=O)(=O)O)C2)cc1[C@H]1OCCc2ccc(C(F)(F)F)nc21. The van der Waals surface area contributed by atoms with Crippen molar-refractivity contribution in [3.05, 3.63) is 75.1 Å². The third-order valence-corrected chi connectivity index (χ3v) is 8.47. The lowest BCUT2D eigenvalue weighted by atomic mass is 9.97. The number of thiophene rings is 1. The van der Waals surface area contributed by atoms with E-state index in [1.807, 2.05) is 4.72 Å². The van der Waals surface area contributed by atoms with E-state index in [2.05, 4.69) is 20.3 Å². The third-order valence-electron chi connectivity index (χ3n) is 6.98. The number of aryl methyl sites for hydroxylation is 1. The van der Waals surface area contributed by atoms with E-state index in [9.17, 15) is 31.5 Å². The molecule has 4 atom stereocenters. The number of aromatic nitrogens is 3. The van der Waals surface area contributed by atoms with Crippen molar-refractivity contribution in [2.75, 3.05) is 11.9 Å². The fraction of sp³-hybridized carbons (Fsp3) is 0.400. The molecule has 0 unspecified atom stereocenters. The maximum Gasteiger partial charge on any atom is 0.433 e. The Morgan fingerprint density at radius 3 is 2.78 bits per heavy atom. The van der Waals surface area contributed by atoms with Gasteiger partial charge in [0, 0.05) is 35.1 Å². The summed E-state index contributed by atoms with van der Waals surface area (Å²) in [6.07, 6.45) is -2.88. The highest BCUT2D eigenvalue weighted by atomic mass is 32.2. The second kappa shape index (κ2) is 11.3. The number of rotatable bonds is 8. The minimum absolute atomic E-state index is 0.140. The molecule has 1 aliphatic carbocycles. The Hall–Kier alpha value is -3.02. The van der Waals surface area contributed by atoms with Crippen molar-refractivity contribution in [2.24, 2.45) is 5.92 Å². The van der Waals surface area contributed by atoms with E-state index in [1.54, 1.807) is 13.0 Å². The number of hydrogen-bond acceptors (Lipinski definition) is 10. The molecule has 0 aromatic carbocycles. The molecule has 1 radical (unpaired) electrons. The first-order chi connectivity index (χ1) is 19.3. The monoisotopic (exact) mass is 612 g/mol. The van der Waals surface area contributed by atoms with Crippen LogP contribution in [0.4, 0.5) is 19.0 Å². The van der Waals surface area contributed by atoms with Crippen LogP contribution in [0.5, 0.6) is 0 Å². The number of aliphatic hydroxyl groups excluding tert-OH is 1. The zero-order valence-corrected chi connectivity index (χ0v) is 23.1. The van der Waals surface area contributed by atoms with E-state index in [4.69, 9.17) is 9.29 Å². The molecule has 3 aromatic rings. The van der Waals surface area contributed by atoms with E-state index in [-0.39, 0.29) is 42.6 Å². The fourth-order valence-corrected chi connectivity index (χ4v) is 6.38. The molecule has 0 bridgehead atoms. The average molecular weight is 613 g/mol. The summed E-state index contributed by atoms with van der Waals surface area (Å²) in [7, 11) is -4.46. The minimum Gasteiger partial charge on any atom is -0.393 e. The molecule has 3 aromatic heterocycles. The summed E-state index contributed by atoms with van der Waals surface area (Å²) in [4.78, 5) is 26.6. The Morgan fingerprint density at radius 2 is 2.05 bits per heavy atom. The van der Waals surface area contributed by atoms with E-state index >= 15 is 0 Å². The molecule has 4 heterocycles. The lowest BCUT2D eigenvalue weighted by Crippen LogP contribution is -2.27. The van der Waals surface area contributed by atoms with Gasteiger partial charge in [0.1, 0.15) is 23.9 Å². The van der Waals surface area contributed by atoms with E-state index < -0.39 is 46.1 Å². The summed E-state index contributed by atoms with van der Waals surface area (Å²) in [6, 6.07) is 3.58. The zero-order valence-electron chi connectivity index (χ0n) is 21.4. The number of ketones is 1. The number of alkyl halides is 3. The number of hydrogen-bond donors (Lipinski definition) is 4. The van der Waals surface area contributed by atoms with Crippen LogP contribution in [0.15, 0.2) is 30.7 Å². The predicted octanol–water partition coefficient (Wildman–Crippen LogP) is 3.26. The molecular formula is C25H25F3N5O6S2. The van der Waals surface area contributed by atoms with Gasteiger partial charge in [-0.15, -0.1) is 11.3 Å². The molecule has 0 amide bonds. The van der Waals surface area contributed by atoms with Crippen molar-refractivity contribution < 1.29 is 40.8 Å². The summed E-state index contributed by atoms with van der Waals surface area (Å²) < 4.78 is 78.6. The van der Waals surface area contributed by atoms with Crippen molar-refractivity contribution in [1.29, 1.82) is 0 Å². The van der Waals surface area contributed by atoms with Crippen LogP contribution in [0.2, 0.25) is 0 Å². The normalized spacial score (nSPS) is 22.9. The van der Waals surface area contributed by atoms with Gasteiger partial charge in [0.15, 0.2) is 0 Å². The van der Waals surface area contributed by atoms with Crippen molar-refractivity contribution in [3.63, 3.8) is 0 Å². The van der Waals surface area contributed by atoms with Crippen molar-refractivity contribution in [3.8, 4) is 0 Å². The van der Waals surface area contributed by atoms with Gasteiger partial charge in [-0.25, -0.2) is 15.0 Å². The Labute approximate surface area is 237 Å². The number of anilines is 1. The molecule has 11 nitrogen and oxygen atoms in total. The number of carbonyl (C=O) groups excluding carboxylic acids is 1. The van der Waals surface area contributed by atoms with Gasteiger partial charge in [-0.3, -0.25) is 9.35 Å². The molecule has 1 fully saturated rings. The highest BCUT2D eigenvalue weighted by molar-refractivity contribution is 7.83. The number of nitrogens with one attached hydrogen (secondary N) is 2. The van der Waals surface area contributed by atoms with Crippen molar-refractivity contribution in [2.45, 2.75) is 50.6 Å². The Bertz CT molecular complexity index is 1570. The van der Waals surface area contributed by atoms with E-state index in [0.717, 1.165) is 23.9 Å². The van der Waals surface area contributed by atoms with Gasteiger partial charge in [0.25, 0.3) is 0 Å². The Morgan fingerprint density at radius 1 is 1.27 bits per heavy atom. The molecule has 0 spiro atoms. The van der Waals surface area contributed by atoms with Crippen LogP contribution >= 0.6 is 11.3 Å². The largest absolute Gasteiger partial charge is 0.433 e. The first kappa shape index (κ1) is 29.5.